The second-order valence-corrected chi connectivity index (χ2v) is 19.9. The smallest absolute Gasteiger partial charge is 0.333 e. The van der Waals surface area contributed by atoms with E-state index in [0.717, 1.165) is 51.4 Å². The van der Waals surface area contributed by atoms with Crippen LogP contribution in [0.15, 0.2) is 11.6 Å². The molecule has 21 heteroatoms. The molecule has 22 atom stereocenters. The fraction of sp³-hybridized carbons (Fsp3) is 0.900. The third kappa shape index (κ3) is 15.6. The van der Waals surface area contributed by atoms with Crippen molar-refractivity contribution in [1.29, 1.82) is 0 Å². The van der Waals surface area contributed by atoms with Crippen LogP contribution in [0.25, 0.3) is 0 Å². The van der Waals surface area contributed by atoms with Gasteiger partial charge in [0.25, 0.3) is 0 Å². The number of carbonyl (C=O) groups is 3. The van der Waals surface area contributed by atoms with Crippen molar-refractivity contribution < 1.29 is 102 Å². The van der Waals surface area contributed by atoms with Crippen molar-refractivity contribution in [3.05, 3.63) is 11.6 Å². The number of esters is 3. The van der Waals surface area contributed by atoms with Crippen LogP contribution in [0.3, 0.4) is 0 Å². The number of aliphatic hydroxyl groups excluding tert-OH is 7. The number of carbonyl (C=O) groups excluding carboxylic acids is 3. The normalized spacial score (nSPS) is 42.2. The largest absolute Gasteiger partial charge is 0.455 e. The maximum Gasteiger partial charge on any atom is 0.333 e. The van der Waals surface area contributed by atoms with Crippen LogP contribution in [0.2, 0.25) is 0 Å². The van der Waals surface area contributed by atoms with E-state index in [1.165, 1.54) is 26.8 Å². The average molecular weight is 1020 g/mol. The van der Waals surface area contributed by atoms with E-state index in [0.29, 0.717) is 32.1 Å². The predicted molar refractivity (Wildman–Crippen MR) is 249 cm³/mol. The first-order valence-electron chi connectivity index (χ1n) is 26.0. The molecule has 7 N–H and O–H groups in total. The van der Waals surface area contributed by atoms with Crippen LogP contribution in [-0.4, -0.2) is 189 Å². The zero-order chi connectivity index (χ0) is 52.1. The zero-order valence-electron chi connectivity index (χ0n) is 42.7. The highest BCUT2D eigenvalue weighted by Crippen LogP contribution is 2.38. The Morgan fingerprint density at radius 3 is 1.92 bits per heavy atom. The number of fused-ring (bicyclic) bond motifs is 4. The van der Waals surface area contributed by atoms with Gasteiger partial charge in [-0.1, -0.05) is 84.6 Å². The first-order valence-corrected chi connectivity index (χ1v) is 26.0. The van der Waals surface area contributed by atoms with Gasteiger partial charge in [-0.05, 0) is 60.3 Å². The topological polar surface area (TPSA) is 294 Å². The minimum atomic E-state index is -1.92. The van der Waals surface area contributed by atoms with E-state index in [1.807, 2.05) is 0 Å². The first-order chi connectivity index (χ1) is 33.8. The van der Waals surface area contributed by atoms with E-state index in [9.17, 15) is 50.1 Å². The second kappa shape index (κ2) is 28.4. The molecule has 0 amide bonds. The standard InChI is InChI=1S/C50H84O21/c1-9-12-18-21-30-22-19-16-14-13-15-17-20-23-32(52)66-43-40(69-47-38(58)37(57)39(28(7)62-47)67-45(59)25(4)10-2)29(8)63-50(44(43)68-46(60)26(5)11-3)71-42-36(56)34(54)31(24-51)65-49(42)70-41-35(55)33(53)27(6)61-48(41)64-30/h10,26-31,33-44,47-51,53-58H,9,11-24H2,1-8H3/b25-10+/t26-,27+,28+,29-,30-,31+,33-,34+,35-,36-,37+,38+,39+,40-,41+,42+,43+,44+,47-,48-,49-,50-/m0/s1. The minimum absolute atomic E-state index is 0.0407. The summed E-state index contributed by atoms with van der Waals surface area (Å²) < 4.78 is 68.3. The Labute approximate surface area is 417 Å². The van der Waals surface area contributed by atoms with Crippen molar-refractivity contribution in [1.82, 2.24) is 0 Å². The summed E-state index contributed by atoms with van der Waals surface area (Å²) in [5.74, 6) is -2.91. The molecule has 5 rings (SSSR count). The van der Waals surface area contributed by atoms with Crippen molar-refractivity contribution in [3.63, 3.8) is 0 Å². The van der Waals surface area contributed by atoms with Crippen LogP contribution in [0.1, 0.15) is 145 Å². The van der Waals surface area contributed by atoms with Crippen LogP contribution in [-0.2, 0) is 66.5 Å². The number of hydrogen-bond donors (Lipinski definition) is 7. The van der Waals surface area contributed by atoms with Gasteiger partial charge in [-0.15, -0.1) is 0 Å². The van der Waals surface area contributed by atoms with Crippen molar-refractivity contribution >= 4 is 17.9 Å². The molecule has 0 radical (unpaired) electrons. The van der Waals surface area contributed by atoms with Crippen LogP contribution in [0.5, 0.6) is 0 Å². The van der Waals surface area contributed by atoms with Crippen molar-refractivity contribution in [2.24, 2.45) is 5.92 Å². The van der Waals surface area contributed by atoms with Gasteiger partial charge in [-0.25, -0.2) is 4.79 Å². The molecule has 5 saturated heterocycles. The molecular weight excluding hydrogens is 937 g/mol. The van der Waals surface area contributed by atoms with Gasteiger partial charge in [-0.2, -0.15) is 0 Å². The summed E-state index contributed by atoms with van der Waals surface area (Å²) in [6, 6.07) is 0. The predicted octanol–water partition coefficient (Wildman–Crippen LogP) is 2.50. The van der Waals surface area contributed by atoms with Gasteiger partial charge in [0, 0.05) is 12.0 Å². The summed E-state index contributed by atoms with van der Waals surface area (Å²) in [6.45, 7) is 12.4. The number of aliphatic hydroxyl groups is 7. The second-order valence-electron chi connectivity index (χ2n) is 19.9. The highest BCUT2D eigenvalue weighted by Gasteiger charge is 2.58. The van der Waals surface area contributed by atoms with Crippen molar-refractivity contribution in [3.8, 4) is 0 Å². The highest BCUT2D eigenvalue weighted by molar-refractivity contribution is 5.87. The summed E-state index contributed by atoms with van der Waals surface area (Å²) in [5, 5.41) is 78.9. The molecule has 410 valence electrons. The van der Waals surface area contributed by atoms with Gasteiger partial charge in [0.2, 0.25) is 0 Å². The van der Waals surface area contributed by atoms with Gasteiger partial charge < -0.3 is 87.9 Å². The van der Waals surface area contributed by atoms with Crippen LogP contribution < -0.4 is 0 Å². The molecule has 21 nitrogen and oxygen atoms in total. The molecule has 0 saturated carbocycles. The minimum Gasteiger partial charge on any atom is -0.455 e. The molecule has 0 spiro atoms. The van der Waals surface area contributed by atoms with Crippen LogP contribution in [0, 0.1) is 5.92 Å². The highest BCUT2D eigenvalue weighted by atomic mass is 16.8. The van der Waals surface area contributed by atoms with Gasteiger partial charge >= 0.3 is 17.9 Å². The number of unbranched alkanes of at least 4 members (excludes halogenated alkanes) is 2. The number of ether oxygens (including phenoxy) is 11. The Morgan fingerprint density at radius 2 is 1.27 bits per heavy atom. The van der Waals surface area contributed by atoms with E-state index < -0.39 is 153 Å². The van der Waals surface area contributed by atoms with Gasteiger partial charge in [0.05, 0.1) is 36.9 Å². The molecule has 5 aliphatic heterocycles. The van der Waals surface area contributed by atoms with Crippen molar-refractivity contribution in [2.75, 3.05) is 6.61 Å². The Bertz CT molecular complexity index is 1670. The Morgan fingerprint density at radius 1 is 0.662 bits per heavy atom. The lowest BCUT2D eigenvalue weighted by Gasteiger charge is -2.50. The van der Waals surface area contributed by atoms with Crippen LogP contribution in [0.4, 0.5) is 0 Å². The van der Waals surface area contributed by atoms with Gasteiger partial charge in [-0.3, -0.25) is 9.59 Å². The van der Waals surface area contributed by atoms with E-state index in [4.69, 9.17) is 52.1 Å². The molecule has 0 unspecified atom stereocenters. The molecule has 5 aliphatic rings. The number of rotatable bonds is 12. The first kappa shape index (κ1) is 59.4. The van der Waals surface area contributed by atoms with Gasteiger partial charge in [0.1, 0.15) is 61.0 Å². The lowest BCUT2D eigenvalue weighted by Crippen LogP contribution is -2.68. The lowest BCUT2D eigenvalue weighted by atomic mass is 9.95. The zero-order valence-corrected chi connectivity index (χ0v) is 42.7. The van der Waals surface area contributed by atoms with E-state index in [-0.39, 0.29) is 18.1 Å². The van der Waals surface area contributed by atoms with E-state index >= 15 is 0 Å². The Kier molecular flexibility index (Phi) is 23.8. The Balaban J connectivity index is 1.55. The van der Waals surface area contributed by atoms with Crippen LogP contribution >= 0.6 is 0 Å². The van der Waals surface area contributed by atoms with Gasteiger partial charge in [0.15, 0.2) is 43.5 Å². The molecule has 5 fully saturated rings. The summed E-state index contributed by atoms with van der Waals surface area (Å²) in [5.41, 5.74) is 0.261. The third-order valence-corrected chi connectivity index (χ3v) is 14.4. The molecule has 0 aromatic carbocycles. The molecule has 2 bridgehead atoms. The summed E-state index contributed by atoms with van der Waals surface area (Å²) in [6.07, 6.45) is -19.4. The SMILES string of the molecule is C/C=C(\C)C(=O)O[C@H]1[C@H](O)[C@@H](O)[C@H](O[C@@H]2[C@H]3OC(=O)CCCCCCCCC[C@H](CCCCC)O[C@@H]4O[C@H](C)[C@H](O)[C@H](O)[C@H]4O[C@@H]4O[C@H](CO)[C@@H](O)[C@H](O)[C@H]4O[C@H](O[C@H]2C)[C@@H]3OC(=O)[C@@H](C)CC)O[C@@H]1C. The fourth-order valence-electron chi connectivity index (χ4n) is 9.42. The number of allylic oxidation sites excluding steroid dienone is 1. The summed E-state index contributed by atoms with van der Waals surface area (Å²) in [7, 11) is 0. The molecule has 0 aromatic rings. The molecular formula is C50H84O21. The lowest BCUT2D eigenvalue weighted by molar-refractivity contribution is -0.399. The molecule has 0 aromatic heterocycles. The average Bonchev–Trinajstić information content (AvgIpc) is 3.34. The molecule has 0 aliphatic carbocycles. The van der Waals surface area contributed by atoms with E-state index in [1.54, 1.807) is 27.7 Å². The molecule has 5 heterocycles. The maximum atomic E-state index is 13.9. The Hall–Kier alpha value is -2.45. The monoisotopic (exact) mass is 1020 g/mol. The third-order valence-electron chi connectivity index (χ3n) is 14.4. The maximum absolute atomic E-state index is 13.9. The number of hydrogen-bond acceptors (Lipinski definition) is 21. The summed E-state index contributed by atoms with van der Waals surface area (Å²) in [4.78, 5) is 40.5. The molecule has 71 heavy (non-hydrogen) atoms. The fourth-order valence-corrected chi connectivity index (χ4v) is 9.42. The quantitative estimate of drug-likeness (QED) is 0.0640. The summed E-state index contributed by atoms with van der Waals surface area (Å²) >= 11 is 0. The van der Waals surface area contributed by atoms with Crippen molar-refractivity contribution in [2.45, 2.75) is 274 Å². The van der Waals surface area contributed by atoms with E-state index in [2.05, 4.69) is 6.92 Å².